The summed E-state index contributed by atoms with van der Waals surface area (Å²) in [5.74, 6) is -0.583. The number of aliphatic hydroxyl groups is 1. The zero-order chi connectivity index (χ0) is 52.0. The lowest BCUT2D eigenvalue weighted by Gasteiger charge is -2.15. The lowest BCUT2D eigenvalue weighted by atomic mass is 10.0. The van der Waals surface area contributed by atoms with Gasteiger partial charge in [0.15, 0.2) is 6.10 Å². The summed E-state index contributed by atoms with van der Waals surface area (Å²) in [7, 11) is 0. The van der Waals surface area contributed by atoms with Crippen LogP contribution in [0.5, 0.6) is 0 Å². The van der Waals surface area contributed by atoms with E-state index in [2.05, 4.69) is 50.3 Å². The molecule has 5 heteroatoms. The molecule has 0 saturated heterocycles. The zero-order valence-electron chi connectivity index (χ0n) is 48.7. The summed E-state index contributed by atoms with van der Waals surface area (Å²) in [6.45, 7) is 4.15. The highest BCUT2D eigenvalue weighted by atomic mass is 16.6. The first kappa shape index (κ1) is 70.1. The number of hydrogen-bond acceptors (Lipinski definition) is 5. The maximum Gasteiger partial charge on any atom is 0.306 e. The molecule has 0 aromatic carbocycles. The van der Waals surface area contributed by atoms with Gasteiger partial charge in [-0.05, 0) is 70.6 Å². The van der Waals surface area contributed by atoms with E-state index in [1.54, 1.807) is 0 Å². The molecule has 0 amide bonds. The number of ether oxygens (including phenoxy) is 2. The number of carbonyl (C=O) groups is 2. The number of allylic oxidation sites excluding steroid dienone is 6. The van der Waals surface area contributed by atoms with E-state index in [-0.39, 0.29) is 25.2 Å². The second-order valence-corrected chi connectivity index (χ2v) is 22.2. The van der Waals surface area contributed by atoms with Crippen LogP contribution in [0.1, 0.15) is 361 Å². The van der Waals surface area contributed by atoms with E-state index in [1.807, 2.05) is 0 Å². The molecule has 0 aliphatic carbocycles. The highest BCUT2D eigenvalue weighted by Crippen LogP contribution is 2.18. The van der Waals surface area contributed by atoms with Gasteiger partial charge in [0, 0.05) is 12.8 Å². The summed E-state index contributed by atoms with van der Waals surface area (Å²) in [5.41, 5.74) is 0. The molecule has 72 heavy (non-hydrogen) atoms. The van der Waals surface area contributed by atoms with Crippen molar-refractivity contribution in [3.63, 3.8) is 0 Å². The molecule has 0 heterocycles. The van der Waals surface area contributed by atoms with Crippen molar-refractivity contribution < 1.29 is 24.2 Å². The Hall–Kier alpha value is -1.88. The van der Waals surface area contributed by atoms with Crippen LogP contribution in [-0.4, -0.2) is 36.4 Å². The summed E-state index contributed by atoms with van der Waals surface area (Å²) in [4.78, 5) is 24.5. The Balaban J connectivity index is 3.35. The van der Waals surface area contributed by atoms with Gasteiger partial charge in [-0.3, -0.25) is 9.59 Å². The monoisotopic (exact) mass is 1010 g/mol. The largest absolute Gasteiger partial charge is 0.462 e. The maximum atomic E-state index is 12.3. The second-order valence-electron chi connectivity index (χ2n) is 22.2. The summed E-state index contributed by atoms with van der Waals surface area (Å²) in [6.07, 6.45) is 83.2. The zero-order valence-corrected chi connectivity index (χ0v) is 48.7. The maximum absolute atomic E-state index is 12.3. The molecule has 0 aliphatic rings. The third-order valence-corrected chi connectivity index (χ3v) is 14.9. The molecular weight excluding hydrogens is 885 g/mol. The summed E-state index contributed by atoms with van der Waals surface area (Å²) in [5, 5.41) is 9.65. The van der Waals surface area contributed by atoms with Gasteiger partial charge in [-0.25, -0.2) is 0 Å². The van der Waals surface area contributed by atoms with Crippen molar-refractivity contribution in [2.75, 3.05) is 13.2 Å². The Kier molecular flexibility index (Phi) is 61.8. The topological polar surface area (TPSA) is 72.8 Å². The van der Waals surface area contributed by atoms with Gasteiger partial charge < -0.3 is 14.6 Å². The van der Waals surface area contributed by atoms with Crippen molar-refractivity contribution in [3.8, 4) is 0 Å². The normalized spacial score (nSPS) is 12.3. The Morgan fingerprint density at radius 3 is 0.861 bits per heavy atom. The van der Waals surface area contributed by atoms with Crippen LogP contribution >= 0.6 is 0 Å². The summed E-state index contributed by atoms with van der Waals surface area (Å²) < 4.78 is 10.7. The predicted molar refractivity (Wildman–Crippen MR) is 316 cm³/mol. The molecule has 0 radical (unpaired) electrons. The van der Waals surface area contributed by atoms with Crippen LogP contribution in [-0.2, 0) is 19.1 Å². The van der Waals surface area contributed by atoms with Crippen molar-refractivity contribution >= 4 is 11.9 Å². The molecule has 5 nitrogen and oxygen atoms in total. The van der Waals surface area contributed by atoms with Crippen LogP contribution in [0.15, 0.2) is 36.5 Å². The van der Waals surface area contributed by atoms with E-state index in [0.717, 1.165) is 51.4 Å². The minimum atomic E-state index is -0.774. The lowest BCUT2D eigenvalue weighted by molar-refractivity contribution is -0.161. The molecule has 1 N–H and O–H groups in total. The molecule has 0 spiro atoms. The fraction of sp³-hybridized carbons (Fsp3) is 0.881. The molecule has 0 saturated carbocycles. The quantitative estimate of drug-likeness (QED) is 0.0373. The standard InChI is InChI=1S/C67H126O5/c1-3-5-7-9-11-13-15-17-19-21-22-23-24-25-26-27-28-29-30-31-32-33-34-35-36-37-38-39-40-41-42-43-44-46-47-49-51-53-55-57-59-61-66(69)71-64-65(63-68)72-67(70)62-60-58-56-54-52-50-48-45-20-18-16-14-12-10-8-6-4-2/h12,14,18,20-22,65,68H,3-11,13,15-17,19,23-64H2,1-2H3/b14-12-,20-18-,22-21-. The minimum absolute atomic E-state index is 0.0645. The third kappa shape index (κ3) is 60.7. The van der Waals surface area contributed by atoms with Crippen LogP contribution in [0, 0.1) is 0 Å². The van der Waals surface area contributed by atoms with Gasteiger partial charge in [-0.15, -0.1) is 0 Å². The molecule has 0 fully saturated rings. The van der Waals surface area contributed by atoms with Gasteiger partial charge in [0.2, 0.25) is 0 Å². The molecule has 0 rings (SSSR count). The smallest absolute Gasteiger partial charge is 0.306 e. The third-order valence-electron chi connectivity index (χ3n) is 14.9. The van der Waals surface area contributed by atoms with Crippen LogP contribution in [0.3, 0.4) is 0 Å². The van der Waals surface area contributed by atoms with Gasteiger partial charge >= 0.3 is 11.9 Å². The number of unbranched alkanes of at least 4 members (excludes halogenated alkanes) is 47. The first-order chi connectivity index (χ1) is 35.6. The van der Waals surface area contributed by atoms with E-state index >= 15 is 0 Å². The van der Waals surface area contributed by atoms with Crippen molar-refractivity contribution in [2.24, 2.45) is 0 Å². The second kappa shape index (κ2) is 63.4. The molecule has 1 atom stereocenters. The van der Waals surface area contributed by atoms with Crippen LogP contribution in [0.4, 0.5) is 0 Å². The molecule has 0 aromatic rings. The van der Waals surface area contributed by atoms with E-state index in [4.69, 9.17) is 9.47 Å². The average molecular weight is 1010 g/mol. The molecule has 0 bridgehead atoms. The van der Waals surface area contributed by atoms with E-state index in [0.29, 0.717) is 12.8 Å². The molecule has 424 valence electrons. The minimum Gasteiger partial charge on any atom is -0.462 e. The van der Waals surface area contributed by atoms with Crippen LogP contribution in [0.2, 0.25) is 0 Å². The summed E-state index contributed by atoms with van der Waals surface area (Å²) >= 11 is 0. The predicted octanol–water partition coefficient (Wildman–Crippen LogP) is 22.2. The van der Waals surface area contributed by atoms with Gasteiger partial charge in [0.1, 0.15) is 6.61 Å². The Labute approximate surface area is 450 Å². The van der Waals surface area contributed by atoms with Gasteiger partial charge in [-0.1, -0.05) is 314 Å². The van der Waals surface area contributed by atoms with Crippen LogP contribution < -0.4 is 0 Å². The van der Waals surface area contributed by atoms with E-state index in [9.17, 15) is 14.7 Å². The lowest BCUT2D eigenvalue weighted by Crippen LogP contribution is -2.28. The molecular formula is C67H126O5. The van der Waals surface area contributed by atoms with Crippen molar-refractivity contribution in [1.82, 2.24) is 0 Å². The SMILES string of the molecule is CCCCC/C=C\C/C=C\CCCCCCCCCC(=O)OC(CO)COC(=O)CCCCCCCCCCCCCCCCCCCCCCCCCCCCCCC/C=C\CCCCCCCCCC. The summed E-state index contributed by atoms with van der Waals surface area (Å²) in [6, 6.07) is 0. The number of hydrogen-bond donors (Lipinski definition) is 1. The number of aliphatic hydroxyl groups excluding tert-OH is 1. The fourth-order valence-corrected chi connectivity index (χ4v) is 10.00. The first-order valence-electron chi connectivity index (χ1n) is 32.5. The molecule has 1 unspecified atom stereocenters. The van der Waals surface area contributed by atoms with E-state index < -0.39 is 6.10 Å². The van der Waals surface area contributed by atoms with Gasteiger partial charge in [0.05, 0.1) is 6.61 Å². The Morgan fingerprint density at radius 2 is 0.556 bits per heavy atom. The van der Waals surface area contributed by atoms with Gasteiger partial charge in [-0.2, -0.15) is 0 Å². The highest BCUT2D eigenvalue weighted by molar-refractivity contribution is 5.70. The molecule has 0 aromatic heterocycles. The van der Waals surface area contributed by atoms with Gasteiger partial charge in [0.25, 0.3) is 0 Å². The van der Waals surface area contributed by atoms with E-state index in [1.165, 1.54) is 283 Å². The van der Waals surface area contributed by atoms with Crippen molar-refractivity contribution in [1.29, 1.82) is 0 Å². The number of rotatable bonds is 61. The fourth-order valence-electron chi connectivity index (χ4n) is 10.00. The van der Waals surface area contributed by atoms with Crippen molar-refractivity contribution in [3.05, 3.63) is 36.5 Å². The first-order valence-corrected chi connectivity index (χ1v) is 32.5. The number of esters is 2. The number of carbonyl (C=O) groups excluding carboxylic acids is 2. The van der Waals surface area contributed by atoms with Crippen molar-refractivity contribution in [2.45, 2.75) is 367 Å². The average Bonchev–Trinajstić information content (AvgIpc) is 3.38. The Bertz CT molecular complexity index is 1140. The Morgan fingerprint density at radius 1 is 0.319 bits per heavy atom. The molecule has 0 aliphatic heterocycles. The highest BCUT2D eigenvalue weighted by Gasteiger charge is 2.16. The van der Waals surface area contributed by atoms with Crippen LogP contribution in [0.25, 0.3) is 0 Å².